The van der Waals surface area contributed by atoms with Crippen LogP contribution >= 0.6 is 0 Å². The van der Waals surface area contributed by atoms with Crippen LogP contribution < -0.4 is 24.8 Å². The van der Waals surface area contributed by atoms with Crippen molar-refractivity contribution in [2.24, 2.45) is 5.92 Å². The summed E-state index contributed by atoms with van der Waals surface area (Å²) >= 11 is 0. The molecule has 0 radical (unpaired) electrons. The third-order valence-electron chi connectivity index (χ3n) is 4.86. The lowest BCUT2D eigenvalue weighted by atomic mass is 10.0. The summed E-state index contributed by atoms with van der Waals surface area (Å²) in [5.41, 5.74) is 3.33. The highest BCUT2D eigenvalue weighted by atomic mass is 16.5. The van der Waals surface area contributed by atoms with E-state index >= 15 is 0 Å². The van der Waals surface area contributed by atoms with Crippen molar-refractivity contribution in [1.82, 2.24) is 10.6 Å². The van der Waals surface area contributed by atoms with Crippen LogP contribution in [0.25, 0.3) is 12.2 Å². The Morgan fingerprint density at radius 2 is 1.83 bits per heavy atom. The fourth-order valence-corrected chi connectivity index (χ4v) is 3.19. The van der Waals surface area contributed by atoms with Gasteiger partial charge in [0.05, 0.1) is 14.2 Å². The van der Waals surface area contributed by atoms with Crippen LogP contribution in [0.15, 0.2) is 49.1 Å². The molecule has 5 nitrogen and oxygen atoms in total. The summed E-state index contributed by atoms with van der Waals surface area (Å²) in [6.45, 7) is 8.28. The standard InChI is InChI=1S/C24H30N2O3/c1-4-9-29-22-11-19(10-20(12-22)14-25-15-21-16-26-17-21)6-5-18-7-8-23(27-2)24(13-18)28-3/h4-8,10-13,21,25-26H,1,9,14-17H2,2-3H3/b6-5+. The van der Waals surface area contributed by atoms with Gasteiger partial charge in [-0.05, 0) is 46.9 Å². The minimum Gasteiger partial charge on any atom is -0.493 e. The zero-order valence-corrected chi connectivity index (χ0v) is 17.2. The predicted octanol–water partition coefficient (Wildman–Crippen LogP) is 3.75. The SMILES string of the molecule is C=CCOc1cc(/C=C/c2ccc(OC)c(OC)c2)cc(CNCC2CNC2)c1. The molecule has 1 aliphatic rings. The van der Waals surface area contributed by atoms with Crippen LogP contribution in [-0.4, -0.2) is 40.5 Å². The Morgan fingerprint density at radius 1 is 1.03 bits per heavy atom. The van der Waals surface area contributed by atoms with E-state index in [1.165, 1.54) is 5.56 Å². The molecule has 5 heteroatoms. The van der Waals surface area contributed by atoms with Crippen LogP contribution in [0.2, 0.25) is 0 Å². The molecule has 154 valence electrons. The van der Waals surface area contributed by atoms with Gasteiger partial charge in [0.2, 0.25) is 0 Å². The molecule has 0 spiro atoms. The molecule has 0 bridgehead atoms. The zero-order valence-electron chi connectivity index (χ0n) is 17.2. The maximum absolute atomic E-state index is 5.79. The van der Waals surface area contributed by atoms with Gasteiger partial charge in [0.1, 0.15) is 12.4 Å². The first-order valence-electron chi connectivity index (χ1n) is 9.91. The third-order valence-corrected chi connectivity index (χ3v) is 4.86. The average molecular weight is 395 g/mol. The fourth-order valence-electron chi connectivity index (χ4n) is 3.19. The Bertz CT molecular complexity index is 844. The molecular weight excluding hydrogens is 364 g/mol. The van der Waals surface area contributed by atoms with Crippen LogP contribution in [0.3, 0.4) is 0 Å². The number of benzene rings is 2. The highest BCUT2D eigenvalue weighted by molar-refractivity contribution is 5.71. The number of nitrogens with one attached hydrogen (secondary N) is 2. The zero-order chi connectivity index (χ0) is 20.5. The molecule has 1 aliphatic heterocycles. The van der Waals surface area contributed by atoms with E-state index in [1.807, 2.05) is 24.3 Å². The van der Waals surface area contributed by atoms with Crippen molar-refractivity contribution in [3.05, 3.63) is 65.7 Å². The molecule has 29 heavy (non-hydrogen) atoms. The first-order chi connectivity index (χ1) is 14.2. The van der Waals surface area contributed by atoms with Gasteiger partial charge in [-0.1, -0.05) is 36.9 Å². The van der Waals surface area contributed by atoms with Gasteiger partial charge < -0.3 is 24.8 Å². The average Bonchev–Trinajstić information content (AvgIpc) is 2.72. The van der Waals surface area contributed by atoms with E-state index in [-0.39, 0.29) is 0 Å². The molecule has 1 fully saturated rings. The Kier molecular flexibility index (Phi) is 7.73. The van der Waals surface area contributed by atoms with E-state index < -0.39 is 0 Å². The van der Waals surface area contributed by atoms with Gasteiger partial charge in [0.25, 0.3) is 0 Å². The van der Waals surface area contributed by atoms with Crippen molar-refractivity contribution < 1.29 is 14.2 Å². The van der Waals surface area contributed by atoms with E-state index in [0.717, 1.165) is 54.7 Å². The van der Waals surface area contributed by atoms with Crippen LogP contribution in [0.1, 0.15) is 16.7 Å². The molecule has 2 aromatic rings. The van der Waals surface area contributed by atoms with E-state index in [4.69, 9.17) is 14.2 Å². The maximum atomic E-state index is 5.79. The number of methoxy groups -OCH3 is 2. The summed E-state index contributed by atoms with van der Waals surface area (Å²) in [6.07, 6.45) is 5.90. The summed E-state index contributed by atoms with van der Waals surface area (Å²) in [7, 11) is 3.28. The molecule has 0 aliphatic carbocycles. The molecule has 0 atom stereocenters. The van der Waals surface area contributed by atoms with Gasteiger partial charge in [-0.2, -0.15) is 0 Å². The van der Waals surface area contributed by atoms with E-state index in [0.29, 0.717) is 12.4 Å². The Morgan fingerprint density at radius 3 is 2.52 bits per heavy atom. The monoisotopic (exact) mass is 394 g/mol. The second kappa shape index (κ2) is 10.7. The summed E-state index contributed by atoms with van der Waals surface area (Å²) in [5, 5.41) is 6.85. The van der Waals surface area contributed by atoms with Crippen molar-refractivity contribution in [2.45, 2.75) is 6.54 Å². The van der Waals surface area contributed by atoms with Gasteiger partial charge in [0.15, 0.2) is 11.5 Å². The Hall–Kier alpha value is -2.76. The maximum Gasteiger partial charge on any atom is 0.161 e. The molecule has 0 saturated carbocycles. The number of hydrogen-bond donors (Lipinski definition) is 2. The predicted molar refractivity (Wildman–Crippen MR) is 119 cm³/mol. The van der Waals surface area contributed by atoms with E-state index in [2.05, 4.69) is 41.5 Å². The van der Waals surface area contributed by atoms with Crippen LogP contribution in [0.5, 0.6) is 17.2 Å². The molecule has 2 aromatic carbocycles. The second-order valence-corrected chi connectivity index (χ2v) is 7.11. The van der Waals surface area contributed by atoms with Crippen LogP contribution in [0.4, 0.5) is 0 Å². The van der Waals surface area contributed by atoms with E-state index in [1.54, 1.807) is 20.3 Å². The first-order valence-corrected chi connectivity index (χ1v) is 9.91. The Labute approximate surface area is 173 Å². The van der Waals surface area contributed by atoms with Crippen molar-refractivity contribution >= 4 is 12.2 Å². The largest absolute Gasteiger partial charge is 0.493 e. The normalized spacial score (nSPS) is 13.9. The number of ether oxygens (including phenoxy) is 3. The Balaban J connectivity index is 1.74. The van der Waals surface area contributed by atoms with Crippen molar-refractivity contribution in [2.75, 3.05) is 40.5 Å². The molecule has 2 N–H and O–H groups in total. The molecule has 3 rings (SSSR count). The lowest BCUT2D eigenvalue weighted by molar-refractivity contribution is 0.331. The summed E-state index contributed by atoms with van der Waals surface area (Å²) < 4.78 is 16.5. The van der Waals surface area contributed by atoms with Gasteiger partial charge >= 0.3 is 0 Å². The molecule has 0 aromatic heterocycles. The van der Waals surface area contributed by atoms with E-state index in [9.17, 15) is 0 Å². The molecule has 0 unspecified atom stereocenters. The molecular formula is C24H30N2O3. The quantitative estimate of drug-likeness (QED) is 0.449. The van der Waals surface area contributed by atoms with Gasteiger partial charge in [-0.25, -0.2) is 0 Å². The van der Waals surface area contributed by atoms with Gasteiger partial charge in [-0.3, -0.25) is 0 Å². The lowest BCUT2D eigenvalue weighted by Gasteiger charge is -2.27. The second-order valence-electron chi connectivity index (χ2n) is 7.11. The molecule has 1 saturated heterocycles. The van der Waals surface area contributed by atoms with Crippen molar-refractivity contribution in [3.63, 3.8) is 0 Å². The summed E-state index contributed by atoms with van der Waals surface area (Å²) in [6, 6.07) is 12.2. The first kappa shape index (κ1) is 21.0. The number of rotatable bonds is 11. The third kappa shape index (κ3) is 6.11. The van der Waals surface area contributed by atoms with Gasteiger partial charge in [0, 0.05) is 26.2 Å². The van der Waals surface area contributed by atoms with Crippen molar-refractivity contribution in [3.8, 4) is 17.2 Å². The summed E-state index contributed by atoms with van der Waals surface area (Å²) in [4.78, 5) is 0. The molecule has 0 amide bonds. The fraction of sp³-hybridized carbons (Fsp3) is 0.333. The lowest BCUT2D eigenvalue weighted by Crippen LogP contribution is -2.47. The van der Waals surface area contributed by atoms with Crippen LogP contribution in [-0.2, 0) is 6.54 Å². The number of hydrogen-bond acceptors (Lipinski definition) is 5. The van der Waals surface area contributed by atoms with Gasteiger partial charge in [-0.15, -0.1) is 0 Å². The highest BCUT2D eigenvalue weighted by Crippen LogP contribution is 2.28. The van der Waals surface area contributed by atoms with Crippen LogP contribution in [0, 0.1) is 5.92 Å². The highest BCUT2D eigenvalue weighted by Gasteiger charge is 2.15. The van der Waals surface area contributed by atoms with Crippen molar-refractivity contribution in [1.29, 1.82) is 0 Å². The topological polar surface area (TPSA) is 51.8 Å². The smallest absolute Gasteiger partial charge is 0.161 e. The molecule has 1 heterocycles. The minimum absolute atomic E-state index is 0.490. The summed E-state index contributed by atoms with van der Waals surface area (Å²) in [5.74, 6) is 3.02. The minimum atomic E-state index is 0.490.